The zero-order chi connectivity index (χ0) is 25.6. The van der Waals surface area contributed by atoms with E-state index in [0.717, 1.165) is 27.6 Å². The first-order valence-electron chi connectivity index (χ1n) is 12.3. The topological polar surface area (TPSA) is 77.2 Å². The summed E-state index contributed by atoms with van der Waals surface area (Å²) in [6.45, 7) is 1.06. The fraction of sp³-hybridized carbons (Fsp3) is 0.129. The van der Waals surface area contributed by atoms with Gasteiger partial charge in [0.05, 0.1) is 4.92 Å². The van der Waals surface area contributed by atoms with Crippen LogP contribution in [0.4, 0.5) is 5.69 Å². The predicted molar refractivity (Wildman–Crippen MR) is 145 cm³/mol. The maximum Gasteiger partial charge on any atom is 0.273 e. The summed E-state index contributed by atoms with van der Waals surface area (Å²) >= 11 is 0. The number of carbonyl (C=O) groups excluding carboxylic acids is 1. The molecule has 0 aliphatic carbocycles. The van der Waals surface area contributed by atoms with Gasteiger partial charge < -0.3 is 9.88 Å². The second-order valence-corrected chi connectivity index (χ2v) is 9.05. The first kappa shape index (κ1) is 24.0. The molecule has 6 heteroatoms. The van der Waals surface area contributed by atoms with Gasteiger partial charge in [0, 0.05) is 54.2 Å². The third kappa shape index (κ3) is 5.43. The summed E-state index contributed by atoms with van der Waals surface area (Å²) in [6, 6.07) is 34.6. The van der Waals surface area contributed by atoms with Crippen LogP contribution in [0.15, 0.2) is 115 Å². The number of benzene rings is 4. The van der Waals surface area contributed by atoms with E-state index in [1.54, 1.807) is 18.2 Å². The Labute approximate surface area is 215 Å². The van der Waals surface area contributed by atoms with Crippen molar-refractivity contribution in [1.82, 2.24) is 9.88 Å². The Morgan fingerprint density at radius 3 is 2.14 bits per heavy atom. The van der Waals surface area contributed by atoms with E-state index in [1.807, 2.05) is 79.0 Å². The van der Waals surface area contributed by atoms with Crippen molar-refractivity contribution in [2.24, 2.45) is 0 Å². The van der Waals surface area contributed by atoms with E-state index in [0.29, 0.717) is 18.7 Å². The maximum absolute atomic E-state index is 13.2. The summed E-state index contributed by atoms with van der Waals surface area (Å²) in [6.07, 6.45) is 2.14. The van der Waals surface area contributed by atoms with E-state index in [1.165, 1.54) is 6.07 Å². The van der Waals surface area contributed by atoms with Crippen LogP contribution >= 0.6 is 0 Å². The molecule has 0 radical (unpaired) electrons. The molecule has 1 N–H and O–H groups in total. The number of aromatic nitrogens is 1. The minimum absolute atomic E-state index is 0.0169. The third-order valence-corrected chi connectivity index (χ3v) is 6.62. The Morgan fingerprint density at radius 1 is 0.784 bits per heavy atom. The maximum atomic E-state index is 13.2. The van der Waals surface area contributed by atoms with E-state index in [9.17, 15) is 14.9 Å². The number of amides is 1. The number of hydrogen-bond donors (Lipinski definition) is 1. The van der Waals surface area contributed by atoms with Crippen LogP contribution in [0.5, 0.6) is 0 Å². The molecule has 1 atom stereocenters. The molecule has 0 unspecified atom stereocenters. The van der Waals surface area contributed by atoms with Crippen LogP contribution < -0.4 is 5.32 Å². The summed E-state index contributed by atoms with van der Waals surface area (Å²) in [5.74, 6) is -0.647. The number of hydrogen-bond acceptors (Lipinski definition) is 3. The lowest BCUT2D eigenvalue weighted by Crippen LogP contribution is -2.25. The minimum atomic E-state index is -0.487. The van der Waals surface area contributed by atoms with Gasteiger partial charge in [0.15, 0.2) is 0 Å². The van der Waals surface area contributed by atoms with Gasteiger partial charge in [-0.3, -0.25) is 14.9 Å². The highest BCUT2D eigenvalue weighted by Crippen LogP contribution is 2.38. The zero-order valence-corrected chi connectivity index (χ0v) is 20.3. The molecule has 5 aromatic rings. The number of nitro benzene ring substituents is 1. The molecule has 37 heavy (non-hydrogen) atoms. The predicted octanol–water partition coefficient (Wildman–Crippen LogP) is 6.44. The van der Waals surface area contributed by atoms with Crippen molar-refractivity contribution in [2.45, 2.75) is 25.4 Å². The van der Waals surface area contributed by atoms with E-state index < -0.39 is 5.92 Å². The monoisotopic (exact) mass is 489 g/mol. The van der Waals surface area contributed by atoms with Crippen LogP contribution in [0, 0.1) is 10.1 Å². The number of fused-ring (bicyclic) bond motifs is 1. The normalized spacial score (nSPS) is 11.8. The van der Waals surface area contributed by atoms with Gasteiger partial charge in [0.1, 0.15) is 0 Å². The van der Waals surface area contributed by atoms with Gasteiger partial charge in [-0.05, 0) is 22.8 Å². The van der Waals surface area contributed by atoms with Crippen molar-refractivity contribution < 1.29 is 9.72 Å². The van der Waals surface area contributed by atoms with E-state index in [-0.39, 0.29) is 22.9 Å². The number of carbonyl (C=O) groups is 1. The fourth-order valence-electron chi connectivity index (χ4n) is 4.85. The fourth-order valence-corrected chi connectivity index (χ4v) is 4.85. The highest BCUT2D eigenvalue weighted by molar-refractivity contribution is 5.87. The summed E-state index contributed by atoms with van der Waals surface area (Å²) in [5.41, 5.74) is 4.62. The molecule has 0 saturated carbocycles. The molecule has 0 aliphatic rings. The smallest absolute Gasteiger partial charge is 0.273 e. The summed E-state index contributed by atoms with van der Waals surface area (Å²) in [7, 11) is 0. The lowest BCUT2D eigenvalue weighted by molar-refractivity contribution is -0.385. The first-order chi connectivity index (χ1) is 18.1. The van der Waals surface area contributed by atoms with E-state index in [2.05, 4.69) is 22.0 Å². The number of nitrogens with zero attached hydrogens (tertiary/aromatic N) is 2. The molecule has 0 spiro atoms. The SMILES string of the molecule is O=C(C[C@H](c1ccccc1[N+](=O)[O-])c1cn(Cc2ccccc2)c2ccccc12)NCc1ccccc1. The number of nitro groups is 1. The lowest BCUT2D eigenvalue weighted by atomic mass is 9.87. The van der Waals surface area contributed by atoms with Gasteiger partial charge in [0.25, 0.3) is 5.69 Å². The van der Waals surface area contributed by atoms with Crippen molar-refractivity contribution in [3.63, 3.8) is 0 Å². The molecule has 5 rings (SSSR count). The quantitative estimate of drug-likeness (QED) is 0.191. The molecular weight excluding hydrogens is 462 g/mol. The van der Waals surface area contributed by atoms with Crippen LogP contribution in [-0.2, 0) is 17.9 Å². The molecule has 0 saturated heterocycles. The van der Waals surface area contributed by atoms with Gasteiger partial charge in [0.2, 0.25) is 5.91 Å². The highest BCUT2D eigenvalue weighted by atomic mass is 16.6. The average Bonchev–Trinajstić information content (AvgIpc) is 3.29. The minimum Gasteiger partial charge on any atom is -0.352 e. The molecule has 184 valence electrons. The van der Waals surface area contributed by atoms with Gasteiger partial charge in [-0.25, -0.2) is 0 Å². The van der Waals surface area contributed by atoms with Gasteiger partial charge in [-0.15, -0.1) is 0 Å². The Bertz CT molecular complexity index is 1530. The van der Waals surface area contributed by atoms with E-state index in [4.69, 9.17) is 0 Å². The van der Waals surface area contributed by atoms with Crippen molar-refractivity contribution in [2.75, 3.05) is 0 Å². The van der Waals surface area contributed by atoms with Gasteiger partial charge >= 0.3 is 0 Å². The molecule has 1 amide bonds. The van der Waals surface area contributed by atoms with Crippen LogP contribution in [0.2, 0.25) is 0 Å². The summed E-state index contributed by atoms with van der Waals surface area (Å²) < 4.78 is 2.16. The van der Waals surface area contributed by atoms with Crippen LogP contribution in [0.25, 0.3) is 10.9 Å². The Morgan fingerprint density at radius 2 is 1.41 bits per heavy atom. The second-order valence-electron chi connectivity index (χ2n) is 9.05. The molecule has 6 nitrogen and oxygen atoms in total. The van der Waals surface area contributed by atoms with Crippen molar-refractivity contribution in [1.29, 1.82) is 0 Å². The Hall–Kier alpha value is -4.71. The number of rotatable bonds is 9. The largest absolute Gasteiger partial charge is 0.352 e. The van der Waals surface area contributed by atoms with Crippen molar-refractivity contribution in [3.8, 4) is 0 Å². The molecule has 0 aliphatic heterocycles. The van der Waals surface area contributed by atoms with Crippen LogP contribution in [0.3, 0.4) is 0 Å². The molecule has 0 bridgehead atoms. The summed E-state index contributed by atoms with van der Waals surface area (Å²) in [5, 5.41) is 15.9. The Kier molecular flexibility index (Phi) is 7.08. The molecule has 0 fully saturated rings. The Balaban J connectivity index is 1.55. The molecule has 1 heterocycles. The highest BCUT2D eigenvalue weighted by Gasteiger charge is 2.28. The molecule has 1 aromatic heterocycles. The molecular formula is C31H27N3O3. The first-order valence-corrected chi connectivity index (χ1v) is 12.3. The third-order valence-electron chi connectivity index (χ3n) is 6.62. The lowest BCUT2D eigenvalue weighted by Gasteiger charge is -2.17. The summed E-state index contributed by atoms with van der Waals surface area (Å²) in [4.78, 5) is 24.8. The van der Waals surface area contributed by atoms with Crippen molar-refractivity contribution in [3.05, 3.63) is 148 Å². The number of nitrogens with one attached hydrogen (secondary N) is 1. The average molecular weight is 490 g/mol. The number of para-hydroxylation sites is 2. The zero-order valence-electron chi connectivity index (χ0n) is 20.3. The standard InChI is InChI=1S/C31H27N3O3/c35-31(32-20-23-11-3-1-4-12-23)19-27(25-15-8-10-18-30(25)34(36)37)28-22-33(21-24-13-5-2-6-14-24)29-17-9-7-16-26(28)29/h1-18,22,27H,19-21H2,(H,32,35)/t27-/m1/s1. The van der Waals surface area contributed by atoms with Crippen LogP contribution in [0.1, 0.15) is 34.6 Å². The van der Waals surface area contributed by atoms with E-state index >= 15 is 0 Å². The second kappa shape index (κ2) is 10.9. The van der Waals surface area contributed by atoms with Crippen LogP contribution in [-0.4, -0.2) is 15.4 Å². The van der Waals surface area contributed by atoms with Gasteiger partial charge in [-0.1, -0.05) is 97.1 Å². The van der Waals surface area contributed by atoms with Crippen molar-refractivity contribution >= 4 is 22.5 Å². The van der Waals surface area contributed by atoms with Gasteiger partial charge in [-0.2, -0.15) is 0 Å². The molecule has 4 aromatic carbocycles.